The smallest absolute Gasteiger partial charge is 0.279 e. The highest BCUT2D eigenvalue weighted by molar-refractivity contribution is 7.92. The van der Waals surface area contributed by atoms with Gasteiger partial charge in [0.2, 0.25) is 0 Å². The predicted octanol–water partition coefficient (Wildman–Crippen LogP) is 3.36. The van der Waals surface area contributed by atoms with Gasteiger partial charge in [-0.25, -0.2) is 8.42 Å². The number of anilines is 1. The SMILES string of the molecule is Cc1cc([N+](=O)[O-])c(Cl)cc1NS(=O)(=O)c1ccccc1. The molecule has 0 aliphatic rings. The summed E-state index contributed by atoms with van der Waals surface area (Å²) in [5, 5.41) is 10.6. The number of aryl methyl sites for hydroxylation is 1. The van der Waals surface area contributed by atoms with Gasteiger partial charge in [0, 0.05) is 6.07 Å². The van der Waals surface area contributed by atoms with E-state index in [2.05, 4.69) is 4.72 Å². The molecule has 8 heteroatoms. The average Bonchev–Trinajstić information content (AvgIpc) is 2.43. The number of rotatable bonds is 4. The number of nitro groups is 1. The van der Waals surface area contributed by atoms with Gasteiger partial charge in [-0.3, -0.25) is 14.8 Å². The minimum atomic E-state index is -3.76. The number of halogens is 1. The van der Waals surface area contributed by atoms with Crippen molar-refractivity contribution in [2.75, 3.05) is 4.72 Å². The first-order valence-corrected chi connectivity index (χ1v) is 7.70. The number of nitrogens with one attached hydrogen (secondary N) is 1. The van der Waals surface area contributed by atoms with Crippen molar-refractivity contribution >= 4 is 33.0 Å². The van der Waals surface area contributed by atoms with E-state index in [1.807, 2.05) is 0 Å². The Labute approximate surface area is 126 Å². The molecule has 0 fully saturated rings. The highest BCUT2D eigenvalue weighted by Gasteiger charge is 2.19. The second kappa shape index (κ2) is 5.71. The largest absolute Gasteiger partial charge is 0.288 e. The van der Waals surface area contributed by atoms with Crippen molar-refractivity contribution in [2.24, 2.45) is 0 Å². The van der Waals surface area contributed by atoms with Crippen LogP contribution in [0.2, 0.25) is 5.02 Å². The lowest BCUT2D eigenvalue weighted by atomic mass is 10.2. The standard InChI is InChI=1S/C13H11ClN2O4S/c1-9-7-13(16(17)18)11(14)8-12(9)15-21(19,20)10-5-3-2-4-6-10/h2-8,15H,1H3. The molecule has 0 aliphatic heterocycles. The number of hydrogen-bond acceptors (Lipinski definition) is 4. The molecule has 0 saturated carbocycles. The molecule has 2 aromatic rings. The first kappa shape index (κ1) is 15.3. The van der Waals surface area contributed by atoms with Crippen molar-refractivity contribution in [3.8, 4) is 0 Å². The molecule has 110 valence electrons. The van der Waals surface area contributed by atoms with Crippen LogP contribution in [0, 0.1) is 17.0 Å². The molecule has 2 rings (SSSR count). The summed E-state index contributed by atoms with van der Waals surface area (Å²) in [4.78, 5) is 10.3. The van der Waals surface area contributed by atoms with Crippen molar-refractivity contribution in [1.82, 2.24) is 0 Å². The van der Waals surface area contributed by atoms with Crippen molar-refractivity contribution in [1.29, 1.82) is 0 Å². The maximum Gasteiger partial charge on any atom is 0.288 e. The van der Waals surface area contributed by atoms with E-state index in [0.29, 0.717) is 5.56 Å². The second-order valence-electron chi connectivity index (χ2n) is 4.29. The third-order valence-electron chi connectivity index (χ3n) is 2.79. The minimum absolute atomic E-state index is 0.0962. The molecule has 0 unspecified atom stereocenters. The quantitative estimate of drug-likeness (QED) is 0.689. The molecule has 0 saturated heterocycles. The number of hydrogen-bond donors (Lipinski definition) is 1. The molecule has 0 aliphatic carbocycles. The molecule has 2 aromatic carbocycles. The van der Waals surface area contributed by atoms with Crippen LogP contribution in [0.15, 0.2) is 47.4 Å². The van der Waals surface area contributed by atoms with Gasteiger partial charge in [0.25, 0.3) is 15.7 Å². The molecule has 21 heavy (non-hydrogen) atoms. The van der Waals surface area contributed by atoms with Crippen LogP contribution < -0.4 is 4.72 Å². The van der Waals surface area contributed by atoms with E-state index >= 15 is 0 Å². The monoisotopic (exact) mass is 326 g/mol. The molecule has 0 atom stereocenters. The summed E-state index contributed by atoms with van der Waals surface area (Å²) in [5.41, 5.74) is 0.344. The van der Waals surface area contributed by atoms with E-state index in [0.717, 1.165) is 0 Å². The molecule has 0 spiro atoms. The summed E-state index contributed by atoms with van der Waals surface area (Å²) in [7, 11) is -3.76. The maximum atomic E-state index is 12.2. The first-order valence-electron chi connectivity index (χ1n) is 5.83. The molecule has 1 N–H and O–H groups in total. The molecule has 0 bridgehead atoms. The van der Waals surface area contributed by atoms with Crippen molar-refractivity contribution in [3.05, 3.63) is 63.2 Å². The van der Waals surface area contributed by atoms with Gasteiger partial charge in [0.15, 0.2) is 0 Å². The van der Waals surface area contributed by atoms with Gasteiger partial charge >= 0.3 is 0 Å². The Morgan fingerprint density at radius 1 is 1.19 bits per heavy atom. The molecular weight excluding hydrogens is 316 g/mol. The lowest BCUT2D eigenvalue weighted by Crippen LogP contribution is -2.13. The van der Waals surface area contributed by atoms with Gasteiger partial charge < -0.3 is 0 Å². The second-order valence-corrected chi connectivity index (χ2v) is 6.38. The third kappa shape index (κ3) is 3.32. The molecule has 6 nitrogen and oxygen atoms in total. The number of benzene rings is 2. The first-order chi connectivity index (χ1) is 9.81. The van der Waals surface area contributed by atoms with Gasteiger partial charge in [-0.05, 0) is 30.7 Å². The van der Waals surface area contributed by atoms with E-state index in [1.54, 1.807) is 25.1 Å². The van der Waals surface area contributed by atoms with Crippen LogP contribution in [0.5, 0.6) is 0 Å². The van der Waals surface area contributed by atoms with Crippen LogP contribution in [0.1, 0.15) is 5.56 Å². The van der Waals surface area contributed by atoms with E-state index in [1.165, 1.54) is 24.3 Å². The summed E-state index contributed by atoms with van der Waals surface area (Å²) in [6.07, 6.45) is 0. The van der Waals surface area contributed by atoms with Crippen LogP contribution in [-0.4, -0.2) is 13.3 Å². The normalized spacial score (nSPS) is 11.1. The van der Waals surface area contributed by atoms with E-state index in [-0.39, 0.29) is 21.3 Å². The van der Waals surface area contributed by atoms with Crippen LogP contribution in [-0.2, 0) is 10.0 Å². The summed E-state index contributed by atoms with van der Waals surface area (Å²) in [6.45, 7) is 1.56. The minimum Gasteiger partial charge on any atom is -0.279 e. The van der Waals surface area contributed by atoms with E-state index in [9.17, 15) is 18.5 Å². The summed E-state index contributed by atoms with van der Waals surface area (Å²) < 4.78 is 26.8. The Kier molecular flexibility index (Phi) is 4.15. The van der Waals surface area contributed by atoms with Crippen LogP contribution >= 0.6 is 11.6 Å². The lowest BCUT2D eigenvalue weighted by Gasteiger charge is -2.11. The lowest BCUT2D eigenvalue weighted by molar-refractivity contribution is -0.384. The Morgan fingerprint density at radius 2 is 1.81 bits per heavy atom. The van der Waals surface area contributed by atoms with E-state index < -0.39 is 14.9 Å². The Balaban J connectivity index is 2.41. The maximum absolute atomic E-state index is 12.2. The van der Waals surface area contributed by atoms with E-state index in [4.69, 9.17) is 11.6 Å². The summed E-state index contributed by atoms with van der Waals surface area (Å²) >= 11 is 5.79. The molecule has 0 heterocycles. The number of nitro benzene ring substituents is 1. The van der Waals surface area contributed by atoms with Gasteiger partial charge in [-0.2, -0.15) is 0 Å². The average molecular weight is 327 g/mol. The predicted molar refractivity (Wildman–Crippen MR) is 80.1 cm³/mol. The zero-order valence-electron chi connectivity index (χ0n) is 10.9. The number of sulfonamides is 1. The van der Waals surface area contributed by atoms with Gasteiger partial charge in [-0.15, -0.1) is 0 Å². The van der Waals surface area contributed by atoms with Gasteiger partial charge in [0.1, 0.15) is 5.02 Å². The molecule has 0 amide bonds. The zero-order valence-corrected chi connectivity index (χ0v) is 12.5. The fourth-order valence-electron chi connectivity index (χ4n) is 1.72. The van der Waals surface area contributed by atoms with Crippen LogP contribution in [0.4, 0.5) is 11.4 Å². The summed E-state index contributed by atoms with van der Waals surface area (Å²) in [5.74, 6) is 0. The fourth-order valence-corrected chi connectivity index (χ4v) is 3.09. The zero-order chi connectivity index (χ0) is 15.6. The highest BCUT2D eigenvalue weighted by Crippen LogP contribution is 2.31. The Morgan fingerprint density at radius 3 is 2.38 bits per heavy atom. The van der Waals surface area contributed by atoms with Crippen molar-refractivity contribution in [2.45, 2.75) is 11.8 Å². The number of nitrogens with zero attached hydrogens (tertiary/aromatic N) is 1. The van der Waals surface area contributed by atoms with Crippen LogP contribution in [0.25, 0.3) is 0 Å². The topological polar surface area (TPSA) is 89.3 Å². The third-order valence-corrected chi connectivity index (χ3v) is 4.47. The highest BCUT2D eigenvalue weighted by atomic mass is 35.5. The van der Waals surface area contributed by atoms with Crippen molar-refractivity contribution in [3.63, 3.8) is 0 Å². The Bertz CT molecular complexity index is 791. The molecule has 0 radical (unpaired) electrons. The van der Waals surface area contributed by atoms with Crippen molar-refractivity contribution < 1.29 is 13.3 Å². The molecular formula is C13H11ClN2O4S. The van der Waals surface area contributed by atoms with Gasteiger partial charge in [-0.1, -0.05) is 29.8 Å². The van der Waals surface area contributed by atoms with Gasteiger partial charge in [0.05, 0.1) is 15.5 Å². The fraction of sp³-hybridized carbons (Fsp3) is 0.0769. The molecule has 0 aromatic heterocycles. The van der Waals surface area contributed by atoms with Crippen LogP contribution in [0.3, 0.4) is 0 Å². The summed E-state index contributed by atoms with van der Waals surface area (Å²) in [6, 6.07) is 10.3. The Hall–Kier alpha value is -2.12.